The summed E-state index contributed by atoms with van der Waals surface area (Å²) in [7, 11) is 0. The predicted molar refractivity (Wildman–Crippen MR) is 98.9 cm³/mol. The van der Waals surface area contributed by atoms with Gasteiger partial charge in [-0.25, -0.2) is 0 Å². The van der Waals surface area contributed by atoms with Crippen molar-refractivity contribution >= 4 is 34.3 Å². The van der Waals surface area contributed by atoms with Gasteiger partial charge in [0.1, 0.15) is 6.61 Å². The Balaban J connectivity index is 1.39. The number of hydrogen-bond donors (Lipinski definition) is 0. The van der Waals surface area contributed by atoms with Crippen LogP contribution in [0.5, 0.6) is 0 Å². The summed E-state index contributed by atoms with van der Waals surface area (Å²) in [5.41, 5.74) is 0.849. The van der Waals surface area contributed by atoms with Gasteiger partial charge in [0.05, 0.1) is 17.8 Å². The van der Waals surface area contributed by atoms with E-state index in [1.807, 2.05) is 33.1 Å². The van der Waals surface area contributed by atoms with E-state index in [4.69, 9.17) is 4.74 Å². The molecule has 6 heteroatoms. The molecule has 2 aromatic rings. The average Bonchev–Trinajstić information content (AvgIpc) is 3.24. The van der Waals surface area contributed by atoms with Crippen LogP contribution >= 0.6 is 22.7 Å². The fourth-order valence-electron chi connectivity index (χ4n) is 3.57. The molecule has 0 saturated carbocycles. The molecule has 1 spiro atoms. The third-order valence-corrected chi connectivity index (χ3v) is 6.67. The van der Waals surface area contributed by atoms with Crippen LogP contribution in [-0.2, 0) is 16.1 Å². The zero-order valence-electron chi connectivity index (χ0n) is 13.9. The molecule has 1 amide bonds. The van der Waals surface area contributed by atoms with Gasteiger partial charge in [-0.2, -0.15) is 11.3 Å². The maximum Gasteiger partial charge on any atom is 0.253 e. The van der Waals surface area contributed by atoms with E-state index < -0.39 is 0 Å². The quantitative estimate of drug-likeness (QED) is 0.838. The van der Waals surface area contributed by atoms with Gasteiger partial charge in [0, 0.05) is 34.8 Å². The number of morpholine rings is 1. The molecule has 4 nitrogen and oxygen atoms in total. The lowest BCUT2D eigenvalue weighted by molar-refractivity contribution is -0.144. The lowest BCUT2D eigenvalue weighted by atomic mass is 9.89. The summed E-state index contributed by atoms with van der Waals surface area (Å²) in [5.74, 6) is 0.0792. The van der Waals surface area contributed by atoms with E-state index in [-0.39, 0.29) is 18.1 Å². The molecule has 2 saturated heterocycles. The van der Waals surface area contributed by atoms with E-state index in [0.717, 1.165) is 38.2 Å². The summed E-state index contributed by atoms with van der Waals surface area (Å²) in [6.45, 7) is 6.15. The molecule has 0 bridgehead atoms. The van der Waals surface area contributed by atoms with Crippen LogP contribution in [0.3, 0.4) is 0 Å². The molecule has 2 aromatic heterocycles. The third kappa shape index (κ3) is 3.28. The molecular weight excluding hydrogens is 340 g/mol. The lowest BCUT2D eigenvalue weighted by Crippen LogP contribution is -2.58. The Labute approximate surface area is 150 Å². The first-order valence-electron chi connectivity index (χ1n) is 8.38. The fraction of sp³-hybridized carbons (Fsp3) is 0.500. The number of nitrogens with zero attached hydrogens (tertiary/aromatic N) is 2. The summed E-state index contributed by atoms with van der Waals surface area (Å²) >= 11 is 3.51. The monoisotopic (exact) mass is 362 g/mol. The maximum atomic E-state index is 12.2. The third-order valence-electron chi connectivity index (χ3n) is 5.01. The second-order valence-corrected chi connectivity index (χ2v) is 8.87. The van der Waals surface area contributed by atoms with Crippen LogP contribution in [0.15, 0.2) is 29.0 Å². The molecule has 24 heavy (non-hydrogen) atoms. The average molecular weight is 363 g/mol. The molecule has 0 unspecified atom stereocenters. The number of amides is 1. The van der Waals surface area contributed by atoms with E-state index in [1.54, 1.807) is 11.3 Å². The highest BCUT2D eigenvalue weighted by atomic mass is 32.1. The van der Waals surface area contributed by atoms with Crippen molar-refractivity contribution < 1.29 is 9.53 Å². The number of anilines is 1. The summed E-state index contributed by atoms with van der Waals surface area (Å²) in [6, 6.07) is 6.45. The first-order chi connectivity index (χ1) is 11.6. The Morgan fingerprint density at radius 1 is 1.25 bits per heavy atom. The molecule has 0 aromatic carbocycles. The van der Waals surface area contributed by atoms with Crippen LogP contribution in [0, 0.1) is 6.92 Å². The first kappa shape index (κ1) is 16.3. The maximum absolute atomic E-state index is 12.2. The molecule has 0 radical (unpaired) electrons. The summed E-state index contributed by atoms with van der Waals surface area (Å²) < 4.78 is 6.04. The van der Waals surface area contributed by atoms with E-state index in [0.29, 0.717) is 6.54 Å². The molecule has 2 aliphatic heterocycles. The van der Waals surface area contributed by atoms with Crippen molar-refractivity contribution in [2.45, 2.75) is 31.9 Å². The van der Waals surface area contributed by atoms with Gasteiger partial charge in [-0.3, -0.25) is 9.69 Å². The molecular formula is C18H22N2O2S2. The normalized spacial score (nSPS) is 21.5. The Hall–Kier alpha value is -1.21. The molecule has 0 aliphatic carbocycles. The summed E-state index contributed by atoms with van der Waals surface area (Å²) in [5, 5.41) is 4.07. The second-order valence-electron chi connectivity index (χ2n) is 6.72. The van der Waals surface area contributed by atoms with Crippen molar-refractivity contribution in [1.82, 2.24) is 4.90 Å². The number of ether oxygens (including phenoxy) is 1. The number of piperidine rings is 1. The SMILES string of the molecule is Cc1ccc(CN2CCC3(CC2)CN(c2ccsc2)C(=O)CO3)s1. The van der Waals surface area contributed by atoms with Gasteiger partial charge in [0.2, 0.25) is 0 Å². The minimum Gasteiger partial charge on any atom is -0.363 e. The minimum atomic E-state index is -0.169. The topological polar surface area (TPSA) is 32.8 Å². The van der Waals surface area contributed by atoms with Gasteiger partial charge < -0.3 is 9.64 Å². The van der Waals surface area contributed by atoms with Crippen LogP contribution in [-0.4, -0.2) is 42.6 Å². The number of carbonyl (C=O) groups is 1. The molecule has 0 atom stereocenters. The van der Waals surface area contributed by atoms with E-state index >= 15 is 0 Å². The van der Waals surface area contributed by atoms with Crippen LogP contribution < -0.4 is 4.90 Å². The standard InChI is InChI=1S/C18H22N2O2S2/c1-14-2-3-16(24-14)10-19-7-5-18(6-8-19)13-20(17(21)11-22-18)15-4-9-23-12-15/h2-4,9,12H,5-8,10-11,13H2,1H3. The fourth-order valence-corrected chi connectivity index (χ4v) is 5.15. The molecule has 128 valence electrons. The van der Waals surface area contributed by atoms with Gasteiger partial charge in [-0.1, -0.05) is 0 Å². The van der Waals surface area contributed by atoms with Crippen molar-refractivity contribution in [3.05, 3.63) is 38.7 Å². The van der Waals surface area contributed by atoms with Crippen molar-refractivity contribution in [2.24, 2.45) is 0 Å². The number of thiophene rings is 2. The van der Waals surface area contributed by atoms with E-state index in [9.17, 15) is 4.79 Å². The van der Waals surface area contributed by atoms with Crippen LogP contribution in [0.25, 0.3) is 0 Å². The molecule has 2 fully saturated rings. The van der Waals surface area contributed by atoms with Crippen LogP contribution in [0.2, 0.25) is 0 Å². The Bertz CT molecular complexity index is 702. The summed E-state index contributed by atoms with van der Waals surface area (Å²) in [6.07, 6.45) is 1.98. The molecule has 4 rings (SSSR count). The molecule has 2 aliphatic rings. The highest BCUT2D eigenvalue weighted by Gasteiger charge is 2.42. The second kappa shape index (κ2) is 6.59. The smallest absolute Gasteiger partial charge is 0.253 e. The van der Waals surface area contributed by atoms with Crippen molar-refractivity contribution in [2.75, 3.05) is 31.1 Å². The Morgan fingerprint density at radius 2 is 2.08 bits per heavy atom. The number of rotatable bonds is 3. The zero-order chi connectivity index (χ0) is 16.6. The van der Waals surface area contributed by atoms with E-state index in [2.05, 4.69) is 24.0 Å². The number of carbonyl (C=O) groups excluding carboxylic acids is 1. The highest BCUT2D eigenvalue weighted by Crippen LogP contribution is 2.34. The van der Waals surface area contributed by atoms with Crippen molar-refractivity contribution in [3.63, 3.8) is 0 Å². The zero-order valence-corrected chi connectivity index (χ0v) is 15.5. The number of likely N-dealkylation sites (tertiary alicyclic amines) is 1. The van der Waals surface area contributed by atoms with Gasteiger partial charge in [0.25, 0.3) is 5.91 Å². The van der Waals surface area contributed by atoms with Gasteiger partial charge in [0.15, 0.2) is 0 Å². The van der Waals surface area contributed by atoms with Crippen LogP contribution in [0.4, 0.5) is 5.69 Å². The van der Waals surface area contributed by atoms with Gasteiger partial charge in [-0.05, 0) is 43.3 Å². The van der Waals surface area contributed by atoms with Crippen molar-refractivity contribution in [1.29, 1.82) is 0 Å². The van der Waals surface area contributed by atoms with Gasteiger partial charge >= 0.3 is 0 Å². The predicted octanol–water partition coefficient (Wildman–Crippen LogP) is 3.52. The number of hydrogen-bond acceptors (Lipinski definition) is 5. The minimum absolute atomic E-state index is 0.0792. The first-order valence-corrected chi connectivity index (χ1v) is 10.1. The van der Waals surface area contributed by atoms with Crippen molar-refractivity contribution in [3.8, 4) is 0 Å². The van der Waals surface area contributed by atoms with E-state index in [1.165, 1.54) is 9.75 Å². The van der Waals surface area contributed by atoms with Gasteiger partial charge in [-0.15, -0.1) is 11.3 Å². The molecule has 0 N–H and O–H groups in total. The number of aryl methyl sites for hydroxylation is 1. The Morgan fingerprint density at radius 3 is 2.75 bits per heavy atom. The molecule has 4 heterocycles. The largest absolute Gasteiger partial charge is 0.363 e. The Kier molecular flexibility index (Phi) is 4.47. The van der Waals surface area contributed by atoms with Crippen LogP contribution in [0.1, 0.15) is 22.6 Å². The highest BCUT2D eigenvalue weighted by molar-refractivity contribution is 7.11. The lowest BCUT2D eigenvalue weighted by Gasteiger charge is -2.46. The summed E-state index contributed by atoms with van der Waals surface area (Å²) in [4.78, 5) is 19.5.